The predicted molar refractivity (Wildman–Crippen MR) is 158 cm³/mol. The zero-order valence-electron chi connectivity index (χ0n) is 20.9. The van der Waals surface area contributed by atoms with Gasteiger partial charge in [0.05, 0.1) is 10.9 Å². The topological polar surface area (TPSA) is 64.7 Å². The number of benzene rings is 4. The number of sulfonamides is 1. The molecule has 1 fully saturated rings. The molecule has 0 aliphatic carbocycles. The number of thiocarbonyl (C=S) groups is 1. The Labute approximate surface area is 230 Å². The maximum Gasteiger partial charge on any atom is 0.243 e. The van der Waals surface area contributed by atoms with Crippen molar-refractivity contribution in [3.05, 3.63) is 126 Å². The summed E-state index contributed by atoms with van der Waals surface area (Å²) in [7, 11) is -3.60. The van der Waals surface area contributed by atoms with Gasteiger partial charge in [0.25, 0.3) is 0 Å². The maximum absolute atomic E-state index is 13.4. The van der Waals surface area contributed by atoms with E-state index in [2.05, 4.69) is 64.1 Å². The fraction of sp³-hybridized carbons (Fsp3) is 0.167. The molecule has 4 aromatic rings. The second kappa shape index (κ2) is 11.9. The highest BCUT2D eigenvalue weighted by Crippen LogP contribution is 2.30. The van der Waals surface area contributed by atoms with Crippen LogP contribution in [-0.2, 0) is 10.0 Å². The minimum atomic E-state index is -3.60. The quantitative estimate of drug-likeness (QED) is 0.297. The first-order valence-corrected chi connectivity index (χ1v) is 14.4. The lowest BCUT2D eigenvalue weighted by molar-refractivity contribution is 0.156. The molecule has 1 aliphatic rings. The SMILES string of the molecule is O=S(=O)(c1ccc(NC(=S)Nc2ccccc2)cc1)N1CCN(C(c2ccccc2)c2ccccc2)CC1. The molecule has 2 N–H and O–H groups in total. The van der Waals surface area contributed by atoms with Crippen LogP contribution in [0.2, 0.25) is 0 Å². The minimum absolute atomic E-state index is 0.0842. The van der Waals surface area contributed by atoms with E-state index in [-0.39, 0.29) is 10.9 Å². The summed E-state index contributed by atoms with van der Waals surface area (Å²) in [4.78, 5) is 2.64. The Kier molecular flexibility index (Phi) is 8.14. The standard InChI is InChI=1S/C30H30N4O2S2/c35-38(36,28-18-16-27(17-19-28)32-30(37)31-26-14-8-3-9-15-26)34-22-20-33(21-23-34)29(24-10-4-1-5-11-24)25-12-6-2-7-13-25/h1-19,29H,20-23H2,(H2,31,32,37). The third-order valence-electron chi connectivity index (χ3n) is 6.65. The van der Waals surface area contributed by atoms with Gasteiger partial charge in [-0.25, -0.2) is 8.42 Å². The van der Waals surface area contributed by atoms with Gasteiger partial charge in [0, 0.05) is 37.6 Å². The van der Waals surface area contributed by atoms with Crippen molar-refractivity contribution < 1.29 is 8.42 Å². The van der Waals surface area contributed by atoms with Crippen molar-refractivity contribution in [2.45, 2.75) is 10.9 Å². The number of nitrogens with zero attached hydrogens (tertiary/aromatic N) is 2. The summed E-state index contributed by atoms with van der Waals surface area (Å²) in [5, 5.41) is 6.66. The van der Waals surface area contributed by atoms with E-state index in [9.17, 15) is 8.42 Å². The van der Waals surface area contributed by atoms with Crippen LogP contribution >= 0.6 is 12.2 Å². The molecule has 0 spiro atoms. The number of hydrogen-bond acceptors (Lipinski definition) is 4. The molecule has 4 aromatic carbocycles. The summed E-state index contributed by atoms with van der Waals surface area (Å²) in [6.07, 6.45) is 0. The van der Waals surface area contributed by atoms with Gasteiger partial charge in [0.15, 0.2) is 5.11 Å². The molecule has 38 heavy (non-hydrogen) atoms. The zero-order valence-corrected chi connectivity index (χ0v) is 22.5. The highest BCUT2D eigenvalue weighted by molar-refractivity contribution is 7.89. The van der Waals surface area contributed by atoms with Gasteiger partial charge in [-0.2, -0.15) is 4.31 Å². The van der Waals surface area contributed by atoms with Gasteiger partial charge in [-0.15, -0.1) is 0 Å². The predicted octanol–water partition coefficient (Wildman–Crippen LogP) is 5.59. The Morgan fingerprint density at radius 1 is 0.632 bits per heavy atom. The third-order valence-corrected chi connectivity index (χ3v) is 8.77. The number of hydrogen-bond donors (Lipinski definition) is 2. The molecular formula is C30H30N4O2S2. The first-order valence-electron chi connectivity index (χ1n) is 12.6. The Morgan fingerprint density at radius 2 is 1.08 bits per heavy atom. The summed E-state index contributed by atoms with van der Waals surface area (Å²) in [6, 6.07) is 37.2. The van der Waals surface area contributed by atoms with Gasteiger partial charge in [-0.05, 0) is 59.7 Å². The lowest BCUT2D eigenvalue weighted by atomic mass is 9.96. The van der Waals surface area contributed by atoms with Crippen LogP contribution in [0.15, 0.2) is 120 Å². The fourth-order valence-corrected chi connectivity index (χ4v) is 6.42. The van der Waals surface area contributed by atoms with Gasteiger partial charge < -0.3 is 10.6 Å². The van der Waals surface area contributed by atoms with Crippen molar-refractivity contribution in [1.82, 2.24) is 9.21 Å². The number of para-hydroxylation sites is 1. The summed E-state index contributed by atoms with van der Waals surface area (Å²) in [5.74, 6) is 0. The van der Waals surface area contributed by atoms with Crippen LogP contribution in [0.3, 0.4) is 0 Å². The van der Waals surface area contributed by atoms with Crippen molar-refractivity contribution in [2.75, 3.05) is 36.8 Å². The molecule has 1 heterocycles. The van der Waals surface area contributed by atoms with Crippen molar-refractivity contribution in [1.29, 1.82) is 0 Å². The molecule has 0 amide bonds. The van der Waals surface area contributed by atoms with Gasteiger partial charge in [0.2, 0.25) is 10.0 Å². The van der Waals surface area contributed by atoms with Gasteiger partial charge >= 0.3 is 0 Å². The molecule has 0 radical (unpaired) electrons. The summed E-state index contributed by atoms with van der Waals surface area (Å²) < 4.78 is 28.4. The molecule has 1 aliphatic heterocycles. The molecule has 1 saturated heterocycles. The fourth-order valence-electron chi connectivity index (χ4n) is 4.76. The molecule has 6 nitrogen and oxygen atoms in total. The Morgan fingerprint density at radius 3 is 1.58 bits per heavy atom. The number of anilines is 2. The normalized spacial score (nSPS) is 14.8. The van der Waals surface area contributed by atoms with Crippen LogP contribution in [-0.4, -0.2) is 48.9 Å². The molecule has 194 valence electrons. The monoisotopic (exact) mass is 542 g/mol. The molecule has 8 heteroatoms. The summed E-state index contributed by atoms with van der Waals surface area (Å²) in [6.45, 7) is 2.16. The van der Waals surface area contributed by atoms with Crippen LogP contribution in [0.5, 0.6) is 0 Å². The number of rotatable bonds is 7. The third kappa shape index (κ3) is 6.11. The molecule has 0 saturated carbocycles. The van der Waals surface area contributed by atoms with Crippen LogP contribution in [0.4, 0.5) is 11.4 Å². The average molecular weight is 543 g/mol. The average Bonchev–Trinajstić information content (AvgIpc) is 2.95. The molecular weight excluding hydrogens is 512 g/mol. The van der Waals surface area contributed by atoms with E-state index < -0.39 is 10.0 Å². The zero-order chi connectivity index (χ0) is 26.4. The van der Waals surface area contributed by atoms with Crippen LogP contribution in [0.1, 0.15) is 17.2 Å². The van der Waals surface area contributed by atoms with E-state index in [4.69, 9.17) is 12.2 Å². The van der Waals surface area contributed by atoms with Crippen molar-refractivity contribution in [3.8, 4) is 0 Å². The van der Waals surface area contributed by atoms with Crippen LogP contribution < -0.4 is 10.6 Å². The van der Waals surface area contributed by atoms with Crippen molar-refractivity contribution in [3.63, 3.8) is 0 Å². The van der Waals surface area contributed by atoms with E-state index in [1.807, 2.05) is 42.5 Å². The highest BCUT2D eigenvalue weighted by Gasteiger charge is 2.32. The molecule has 0 aromatic heterocycles. The second-order valence-corrected chi connectivity index (χ2v) is 11.5. The Hall–Kier alpha value is -3.56. The van der Waals surface area contributed by atoms with Crippen molar-refractivity contribution in [2.24, 2.45) is 0 Å². The number of piperazine rings is 1. The second-order valence-electron chi connectivity index (χ2n) is 9.13. The number of nitrogens with one attached hydrogen (secondary N) is 2. The lowest BCUT2D eigenvalue weighted by Gasteiger charge is -2.39. The van der Waals surface area contributed by atoms with E-state index in [0.29, 0.717) is 31.3 Å². The molecule has 5 rings (SSSR count). The lowest BCUT2D eigenvalue weighted by Crippen LogP contribution is -2.49. The van der Waals surface area contributed by atoms with E-state index >= 15 is 0 Å². The summed E-state index contributed by atoms with van der Waals surface area (Å²) >= 11 is 5.38. The van der Waals surface area contributed by atoms with Gasteiger partial charge in [-0.1, -0.05) is 78.9 Å². The minimum Gasteiger partial charge on any atom is -0.332 e. The Bertz CT molecular complexity index is 1400. The Balaban J connectivity index is 1.24. The van der Waals surface area contributed by atoms with E-state index in [1.54, 1.807) is 28.6 Å². The van der Waals surface area contributed by atoms with E-state index in [1.165, 1.54) is 11.1 Å². The van der Waals surface area contributed by atoms with Gasteiger partial charge in [-0.3, -0.25) is 4.90 Å². The molecule has 0 atom stereocenters. The van der Waals surface area contributed by atoms with Crippen LogP contribution in [0.25, 0.3) is 0 Å². The van der Waals surface area contributed by atoms with E-state index in [0.717, 1.165) is 11.4 Å². The smallest absolute Gasteiger partial charge is 0.243 e. The maximum atomic E-state index is 13.4. The first-order chi connectivity index (χ1) is 18.5. The molecule has 0 unspecified atom stereocenters. The van der Waals surface area contributed by atoms with Gasteiger partial charge in [0.1, 0.15) is 0 Å². The first kappa shape index (κ1) is 26.1. The van der Waals surface area contributed by atoms with Crippen molar-refractivity contribution >= 4 is 38.7 Å². The highest BCUT2D eigenvalue weighted by atomic mass is 32.2. The van der Waals surface area contributed by atoms with Crippen LogP contribution in [0, 0.1) is 0 Å². The largest absolute Gasteiger partial charge is 0.332 e. The molecule has 0 bridgehead atoms. The summed E-state index contributed by atoms with van der Waals surface area (Å²) in [5.41, 5.74) is 4.01.